The molecule has 0 aliphatic carbocycles. The van der Waals surface area contributed by atoms with E-state index in [0.717, 1.165) is 30.6 Å². The number of ether oxygens (including phenoxy) is 2. The number of amides is 1. The zero-order chi connectivity index (χ0) is 23.9. The highest BCUT2D eigenvalue weighted by Gasteiger charge is 2.23. The fraction of sp³-hybridized carbons (Fsp3) is 0.346. The van der Waals surface area contributed by atoms with Crippen LogP contribution in [0, 0.1) is 6.92 Å². The fourth-order valence-corrected chi connectivity index (χ4v) is 3.84. The van der Waals surface area contributed by atoms with Gasteiger partial charge in [0.2, 0.25) is 11.7 Å². The predicted octanol–water partition coefficient (Wildman–Crippen LogP) is 3.51. The fourth-order valence-electron chi connectivity index (χ4n) is 3.84. The predicted molar refractivity (Wildman–Crippen MR) is 129 cm³/mol. The molecule has 0 unspecified atom stereocenters. The summed E-state index contributed by atoms with van der Waals surface area (Å²) in [5.74, 6) is 2.29. The molecule has 2 heterocycles. The molecule has 1 fully saturated rings. The van der Waals surface area contributed by atoms with Gasteiger partial charge in [0.15, 0.2) is 18.1 Å². The lowest BCUT2D eigenvalue weighted by Crippen LogP contribution is -2.49. The number of piperazine rings is 1. The smallest absolute Gasteiger partial charge is 0.260 e. The third-order valence-electron chi connectivity index (χ3n) is 5.82. The van der Waals surface area contributed by atoms with Crippen molar-refractivity contribution in [3.63, 3.8) is 0 Å². The molecule has 1 saturated heterocycles. The molecule has 1 aromatic heterocycles. The van der Waals surface area contributed by atoms with Gasteiger partial charge in [0, 0.05) is 31.7 Å². The highest BCUT2D eigenvalue weighted by Crippen LogP contribution is 2.28. The summed E-state index contributed by atoms with van der Waals surface area (Å²) >= 11 is 0. The summed E-state index contributed by atoms with van der Waals surface area (Å²) < 4.78 is 16.6. The number of hydrogen-bond acceptors (Lipinski definition) is 7. The van der Waals surface area contributed by atoms with Crippen molar-refractivity contribution >= 4 is 5.91 Å². The largest absolute Gasteiger partial charge is 0.493 e. The molecular weight excluding hydrogens is 432 g/mol. The van der Waals surface area contributed by atoms with Gasteiger partial charge in [0.05, 0.1) is 13.7 Å². The molecular formula is C26H30N4O4. The monoisotopic (exact) mass is 462 g/mol. The third-order valence-corrected chi connectivity index (χ3v) is 5.82. The number of benzene rings is 2. The average molecular weight is 463 g/mol. The van der Waals surface area contributed by atoms with Crippen molar-refractivity contribution in [1.82, 2.24) is 19.9 Å². The summed E-state index contributed by atoms with van der Waals surface area (Å²) in [6.07, 6.45) is 2.58. The molecule has 2 aromatic carbocycles. The van der Waals surface area contributed by atoms with Crippen molar-refractivity contribution in [2.75, 3.05) is 39.9 Å². The molecule has 0 N–H and O–H groups in total. The van der Waals surface area contributed by atoms with Gasteiger partial charge in [0.25, 0.3) is 5.91 Å². The SMILES string of the molecule is C=CCc1ccc(OCC(=O)N2CCN(Cc3nc(-c4ccc(C)cc4)no3)CC2)c(OC)c1. The van der Waals surface area contributed by atoms with Crippen LogP contribution in [-0.2, 0) is 17.8 Å². The van der Waals surface area contributed by atoms with Crippen LogP contribution < -0.4 is 9.47 Å². The average Bonchev–Trinajstić information content (AvgIpc) is 3.32. The number of carbonyl (C=O) groups excluding carboxylic acids is 1. The van der Waals surface area contributed by atoms with Gasteiger partial charge < -0.3 is 18.9 Å². The minimum Gasteiger partial charge on any atom is -0.493 e. The Morgan fingerprint density at radius 3 is 2.59 bits per heavy atom. The Morgan fingerprint density at radius 2 is 1.88 bits per heavy atom. The van der Waals surface area contributed by atoms with Crippen LogP contribution in [-0.4, -0.2) is 65.7 Å². The molecule has 0 radical (unpaired) electrons. The number of aryl methyl sites for hydroxylation is 1. The van der Waals surface area contributed by atoms with E-state index in [2.05, 4.69) is 21.6 Å². The molecule has 1 aliphatic rings. The summed E-state index contributed by atoms with van der Waals surface area (Å²) in [5.41, 5.74) is 3.20. The van der Waals surface area contributed by atoms with E-state index < -0.39 is 0 Å². The number of hydrogen-bond donors (Lipinski definition) is 0. The molecule has 8 heteroatoms. The Kier molecular flexibility index (Phi) is 7.59. The minimum absolute atomic E-state index is 0.0270. The van der Waals surface area contributed by atoms with E-state index in [9.17, 15) is 4.79 Å². The van der Waals surface area contributed by atoms with E-state index in [0.29, 0.717) is 42.8 Å². The van der Waals surface area contributed by atoms with Gasteiger partial charge in [0.1, 0.15) is 0 Å². The van der Waals surface area contributed by atoms with Gasteiger partial charge in [-0.15, -0.1) is 6.58 Å². The Labute approximate surface area is 199 Å². The second-order valence-electron chi connectivity index (χ2n) is 8.30. The standard InChI is InChI=1S/C26H30N4O4/c1-4-5-20-8-11-22(23(16-20)32-3)33-18-25(31)30-14-12-29(13-15-30)17-24-27-26(28-34-24)21-9-6-19(2)7-10-21/h4,6-11,16H,1,5,12-15,17-18H2,2-3H3. The lowest BCUT2D eigenvalue weighted by molar-refractivity contribution is -0.135. The van der Waals surface area contributed by atoms with Gasteiger partial charge in [-0.05, 0) is 31.0 Å². The van der Waals surface area contributed by atoms with Crippen molar-refractivity contribution in [2.24, 2.45) is 0 Å². The quantitative estimate of drug-likeness (QED) is 0.450. The number of aromatic nitrogens is 2. The van der Waals surface area contributed by atoms with Crippen LogP contribution in [0.15, 0.2) is 59.6 Å². The van der Waals surface area contributed by atoms with E-state index in [1.807, 2.05) is 60.4 Å². The van der Waals surface area contributed by atoms with Crippen LogP contribution >= 0.6 is 0 Å². The second kappa shape index (κ2) is 11.0. The number of carbonyl (C=O) groups is 1. The second-order valence-corrected chi connectivity index (χ2v) is 8.30. The van der Waals surface area contributed by atoms with Crippen molar-refractivity contribution in [2.45, 2.75) is 19.9 Å². The van der Waals surface area contributed by atoms with E-state index in [-0.39, 0.29) is 12.5 Å². The van der Waals surface area contributed by atoms with Gasteiger partial charge in [-0.1, -0.05) is 47.1 Å². The van der Waals surface area contributed by atoms with Crippen LogP contribution in [0.4, 0.5) is 0 Å². The zero-order valence-corrected chi connectivity index (χ0v) is 19.7. The maximum Gasteiger partial charge on any atom is 0.260 e. The number of rotatable bonds is 9. The van der Waals surface area contributed by atoms with E-state index >= 15 is 0 Å². The molecule has 0 atom stereocenters. The van der Waals surface area contributed by atoms with Crippen molar-refractivity contribution in [1.29, 1.82) is 0 Å². The Hall–Kier alpha value is -3.65. The van der Waals surface area contributed by atoms with Crippen molar-refractivity contribution in [3.8, 4) is 22.9 Å². The Balaban J connectivity index is 1.25. The van der Waals surface area contributed by atoms with Gasteiger partial charge in [-0.3, -0.25) is 9.69 Å². The first kappa shape index (κ1) is 23.5. The zero-order valence-electron chi connectivity index (χ0n) is 19.7. The highest BCUT2D eigenvalue weighted by atomic mass is 16.5. The molecule has 1 aliphatic heterocycles. The summed E-state index contributed by atoms with van der Waals surface area (Å²) in [6, 6.07) is 13.7. The normalized spacial score (nSPS) is 14.1. The number of methoxy groups -OCH3 is 1. The first-order chi connectivity index (χ1) is 16.6. The van der Waals surface area contributed by atoms with E-state index in [1.54, 1.807) is 7.11 Å². The third kappa shape index (κ3) is 5.82. The molecule has 34 heavy (non-hydrogen) atoms. The molecule has 0 saturated carbocycles. The summed E-state index contributed by atoms with van der Waals surface area (Å²) in [4.78, 5) is 21.2. The van der Waals surface area contributed by atoms with Crippen LogP contribution in [0.2, 0.25) is 0 Å². The highest BCUT2D eigenvalue weighted by molar-refractivity contribution is 5.78. The van der Waals surface area contributed by atoms with Crippen LogP contribution in [0.5, 0.6) is 11.5 Å². The van der Waals surface area contributed by atoms with Gasteiger partial charge in [-0.25, -0.2) is 0 Å². The van der Waals surface area contributed by atoms with Gasteiger partial charge >= 0.3 is 0 Å². The maximum atomic E-state index is 12.7. The van der Waals surface area contributed by atoms with Crippen LogP contribution in [0.1, 0.15) is 17.0 Å². The van der Waals surface area contributed by atoms with Crippen LogP contribution in [0.3, 0.4) is 0 Å². The summed E-state index contributed by atoms with van der Waals surface area (Å²) in [6.45, 7) is 9.03. The lowest BCUT2D eigenvalue weighted by Gasteiger charge is -2.33. The molecule has 178 valence electrons. The van der Waals surface area contributed by atoms with Crippen LogP contribution in [0.25, 0.3) is 11.4 Å². The molecule has 1 amide bonds. The Morgan fingerprint density at radius 1 is 1.12 bits per heavy atom. The van der Waals surface area contributed by atoms with E-state index in [4.69, 9.17) is 14.0 Å². The number of nitrogens with zero attached hydrogens (tertiary/aromatic N) is 4. The lowest BCUT2D eigenvalue weighted by atomic mass is 10.1. The molecule has 8 nitrogen and oxygen atoms in total. The van der Waals surface area contributed by atoms with E-state index in [1.165, 1.54) is 5.56 Å². The first-order valence-electron chi connectivity index (χ1n) is 11.4. The molecule has 0 bridgehead atoms. The molecule has 3 aromatic rings. The Bertz CT molecular complexity index is 1120. The summed E-state index contributed by atoms with van der Waals surface area (Å²) in [7, 11) is 1.59. The van der Waals surface area contributed by atoms with Gasteiger partial charge in [-0.2, -0.15) is 4.98 Å². The molecule has 0 spiro atoms. The molecule has 4 rings (SSSR count). The maximum absolute atomic E-state index is 12.7. The minimum atomic E-state index is -0.0451. The first-order valence-corrected chi connectivity index (χ1v) is 11.4. The topological polar surface area (TPSA) is 80.9 Å². The number of allylic oxidation sites excluding steroid dienone is 1. The summed E-state index contributed by atoms with van der Waals surface area (Å²) in [5, 5.41) is 4.10. The van der Waals surface area contributed by atoms with Crippen molar-refractivity contribution < 1.29 is 18.8 Å². The van der Waals surface area contributed by atoms with Crippen molar-refractivity contribution in [3.05, 3.63) is 72.1 Å².